The molecule has 0 saturated carbocycles. The number of para-hydroxylation sites is 1. The number of carboxylic acids is 1. The van der Waals surface area contributed by atoms with Gasteiger partial charge in [-0.3, -0.25) is 0 Å². The minimum atomic E-state index is -1.20. The van der Waals surface area contributed by atoms with E-state index in [1.54, 1.807) is 12.1 Å². The number of anilines is 2. The zero-order valence-corrected chi connectivity index (χ0v) is 12.0. The molecule has 1 heterocycles. The van der Waals surface area contributed by atoms with Crippen molar-refractivity contribution in [2.45, 2.75) is 4.90 Å². The highest BCUT2D eigenvalue weighted by molar-refractivity contribution is 7.98. The fourth-order valence-electron chi connectivity index (χ4n) is 1.70. The van der Waals surface area contributed by atoms with Crippen LogP contribution < -0.4 is 10.6 Å². The zero-order chi connectivity index (χ0) is 15.2. The third-order valence-corrected chi connectivity index (χ3v) is 3.41. The van der Waals surface area contributed by atoms with Gasteiger partial charge in [-0.15, -0.1) is 11.8 Å². The Morgan fingerprint density at radius 3 is 2.48 bits per heavy atom. The molecule has 0 spiro atoms. The van der Waals surface area contributed by atoms with Crippen LogP contribution in [0.15, 0.2) is 47.5 Å². The molecule has 0 bridgehead atoms. The van der Waals surface area contributed by atoms with E-state index in [0.29, 0.717) is 5.69 Å². The van der Waals surface area contributed by atoms with Crippen molar-refractivity contribution in [2.24, 2.45) is 0 Å². The van der Waals surface area contributed by atoms with Crippen molar-refractivity contribution >= 4 is 35.1 Å². The molecule has 2 amide bonds. The first kappa shape index (κ1) is 14.9. The molecule has 0 radical (unpaired) electrons. The van der Waals surface area contributed by atoms with Gasteiger partial charge in [0.05, 0.1) is 11.4 Å². The van der Waals surface area contributed by atoms with Crippen LogP contribution in [0.4, 0.5) is 16.2 Å². The number of carboxylic acid groups (broad SMARTS) is 1. The van der Waals surface area contributed by atoms with E-state index in [-0.39, 0.29) is 11.4 Å². The number of aromatic carboxylic acids is 1. The average Bonchev–Trinajstić information content (AvgIpc) is 2.48. The number of hydrogen-bond acceptors (Lipinski definition) is 4. The summed E-state index contributed by atoms with van der Waals surface area (Å²) in [5.74, 6) is -1.20. The van der Waals surface area contributed by atoms with Gasteiger partial charge in [0.25, 0.3) is 0 Å². The Balaban J connectivity index is 2.14. The van der Waals surface area contributed by atoms with Gasteiger partial charge in [0, 0.05) is 11.1 Å². The molecule has 0 aliphatic rings. The third-order valence-electron chi connectivity index (χ3n) is 2.61. The van der Waals surface area contributed by atoms with Crippen LogP contribution in [0.3, 0.4) is 0 Å². The Morgan fingerprint density at radius 1 is 1.10 bits per heavy atom. The van der Waals surface area contributed by atoms with E-state index in [4.69, 9.17) is 5.11 Å². The number of nitrogens with zero attached hydrogens (tertiary/aromatic N) is 1. The average molecular weight is 303 g/mol. The molecule has 3 N–H and O–H groups in total. The number of amides is 2. The summed E-state index contributed by atoms with van der Waals surface area (Å²) in [5.41, 5.74) is 0.596. The molecular weight excluding hydrogens is 290 g/mol. The van der Waals surface area contributed by atoms with Crippen molar-refractivity contribution in [2.75, 3.05) is 16.9 Å². The smallest absolute Gasteiger partial charge is 0.356 e. The van der Waals surface area contributed by atoms with Crippen molar-refractivity contribution in [3.8, 4) is 0 Å². The van der Waals surface area contributed by atoms with Crippen LogP contribution in [0.25, 0.3) is 0 Å². The van der Waals surface area contributed by atoms with Gasteiger partial charge in [0.2, 0.25) is 0 Å². The summed E-state index contributed by atoms with van der Waals surface area (Å²) in [6, 6.07) is 9.85. The third kappa shape index (κ3) is 3.73. The molecule has 2 rings (SSSR count). The maximum atomic E-state index is 12.0. The normalized spacial score (nSPS) is 9.95. The fourth-order valence-corrected chi connectivity index (χ4v) is 2.25. The van der Waals surface area contributed by atoms with Gasteiger partial charge in [-0.2, -0.15) is 0 Å². The molecule has 108 valence electrons. The van der Waals surface area contributed by atoms with Crippen LogP contribution in [-0.2, 0) is 0 Å². The first-order chi connectivity index (χ1) is 10.1. The van der Waals surface area contributed by atoms with Gasteiger partial charge in [0.1, 0.15) is 0 Å². The molecule has 21 heavy (non-hydrogen) atoms. The van der Waals surface area contributed by atoms with Crippen LogP contribution in [-0.4, -0.2) is 28.3 Å². The lowest BCUT2D eigenvalue weighted by Crippen LogP contribution is -2.21. The second-order valence-corrected chi connectivity index (χ2v) is 4.83. The molecule has 1 aromatic heterocycles. The minimum absolute atomic E-state index is 0.143. The Morgan fingerprint density at radius 2 is 1.76 bits per heavy atom. The Kier molecular flexibility index (Phi) is 4.78. The maximum Gasteiger partial charge on any atom is 0.356 e. The quantitative estimate of drug-likeness (QED) is 0.755. The van der Waals surface area contributed by atoms with E-state index in [1.807, 2.05) is 24.5 Å². The number of carbonyl (C=O) groups excluding carboxylic acids is 1. The number of hydrogen-bond donors (Lipinski definition) is 3. The Bertz CT molecular complexity index is 676. The van der Waals surface area contributed by atoms with Crippen LogP contribution in [0.5, 0.6) is 0 Å². The lowest BCUT2D eigenvalue weighted by Gasteiger charge is -2.11. The molecule has 7 heteroatoms. The number of aromatic nitrogens is 1. The summed E-state index contributed by atoms with van der Waals surface area (Å²) >= 11 is 1.50. The lowest BCUT2D eigenvalue weighted by molar-refractivity contribution is 0.0692. The van der Waals surface area contributed by atoms with Gasteiger partial charge >= 0.3 is 12.0 Å². The van der Waals surface area contributed by atoms with E-state index in [1.165, 1.54) is 24.0 Å². The van der Waals surface area contributed by atoms with E-state index in [2.05, 4.69) is 15.6 Å². The molecule has 0 saturated heterocycles. The highest BCUT2D eigenvalue weighted by Crippen LogP contribution is 2.24. The molecule has 0 unspecified atom stereocenters. The predicted molar refractivity (Wildman–Crippen MR) is 82.1 cm³/mol. The van der Waals surface area contributed by atoms with Crippen molar-refractivity contribution in [3.05, 3.63) is 48.3 Å². The van der Waals surface area contributed by atoms with Gasteiger partial charge < -0.3 is 15.7 Å². The molecule has 0 fully saturated rings. The largest absolute Gasteiger partial charge is 0.476 e. The SMILES string of the molecule is CSc1ccccc1NC(=O)Nc1cccnc1C(=O)O. The second kappa shape index (κ2) is 6.76. The highest BCUT2D eigenvalue weighted by atomic mass is 32.2. The summed E-state index contributed by atoms with van der Waals surface area (Å²) < 4.78 is 0. The number of pyridine rings is 1. The molecule has 1 aromatic carbocycles. The number of carbonyl (C=O) groups is 2. The summed E-state index contributed by atoms with van der Waals surface area (Å²) in [4.78, 5) is 27.6. The monoisotopic (exact) mass is 303 g/mol. The van der Waals surface area contributed by atoms with E-state index < -0.39 is 12.0 Å². The molecule has 0 aliphatic heterocycles. The van der Waals surface area contributed by atoms with Crippen molar-refractivity contribution < 1.29 is 14.7 Å². The zero-order valence-electron chi connectivity index (χ0n) is 11.2. The lowest BCUT2D eigenvalue weighted by atomic mass is 10.3. The fraction of sp³-hybridized carbons (Fsp3) is 0.0714. The minimum Gasteiger partial charge on any atom is -0.476 e. The van der Waals surface area contributed by atoms with Crippen molar-refractivity contribution in [1.29, 1.82) is 0 Å². The summed E-state index contributed by atoms with van der Waals surface area (Å²) in [7, 11) is 0. The second-order valence-electron chi connectivity index (χ2n) is 3.98. The van der Waals surface area contributed by atoms with Crippen LogP contribution in [0.2, 0.25) is 0 Å². The highest BCUT2D eigenvalue weighted by Gasteiger charge is 2.13. The Labute approximate surface area is 125 Å². The van der Waals surface area contributed by atoms with E-state index >= 15 is 0 Å². The summed E-state index contributed by atoms with van der Waals surface area (Å²) in [6.45, 7) is 0. The first-order valence-corrected chi connectivity index (χ1v) is 7.23. The topological polar surface area (TPSA) is 91.3 Å². The standard InChI is InChI=1S/C14H13N3O3S/c1-21-11-7-3-2-5-9(11)16-14(20)17-10-6-4-8-15-12(10)13(18)19/h2-8H,1H3,(H,18,19)(H2,16,17,20). The predicted octanol–water partition coefficient (Wildman–Crippen LogP) is 3.15. The maximum absolute atomic E-state index is 12.0. The van der Waals surface area contributed by atoms with Gasteiger partial charge in [-0.05, 0) is 30.5 Å². The number of rotatable bonds is 4. The molecular formula is C14H13N3O3S. The van der Waals surface area contributed by atoms with E-state index in [0.717, 1.165) is 4.90 Å². The number of urea groups is 1. The Hall–Kier alpha value is -2.54. The molecule has 6 nitrogen and oxygen atoms in total. The molecule has 2 aromatic rings. The molecule has 0 aliphatic carbocycles. The van der Waals surface area contributed by atoms with Crippen LogP contribution >= 0.6 is 11.8 Å². The van der Waals surface area contributed by atoms with Gasteiger partial charge in [-0.25, -0.2) is 14.6 Å². The van der Waals surface area contributed by atoms with Crippen LogP contribution in [0.1, 0.15) is 10.5 Å². The van der Waals surface area contributed by atoms with Crippen molar-refractivity contribution in [1.82, 2.24) is 4.98 Å². The first-order valence-electron chi connectivity index (χ1n) is 6.01. The summed E-state index contributed by atoms with van der Waals surface area (Å²) in [5, 5.41) is 14.2. The van der Waals surface area contributed by atoms with Crippen LogP contribution in [0, 0.1) is 0 Å². The molecule has 0 atom stereocenters. The van der Waals surface area contributed by atoms with Gasteiger partial charge in [-0.1, -0.05) is 12.1 Å². The number of benzene rings is 1. The van der Waals surface area contributed by atoms with E-state index in [9.17, 15) is 9.59 Å². The number of thioether (sulfide) groups is 1. The van der Waals surface area contributed by atoms with Crippen molar-refractivity contribution in [3.63, 3.8) is 0 Å². The van der Waals surface area contributed by atoms with Gasteiger partial charge in [0.15, 0.2) is 5.69 Å². The summed E-state index contributed by atoms with van der Waals surface area (Å²) in [6.07, 6.45) is 3.26. The number of nitrogens with one attached hydrogen (secondary N) is 2.